The topological polar surface area (TPSA) is 52.4 Å². The largest absolute Gasteiger partial charge is 0.487 e. The number of benzene rings is 1. The molecule has 4 nitrogen and oxygen atoms in total. The molecule has 0 radical (unpaired) electrons. The summed E-state index contributed by atoms with van der Waals surface area (Å²) in [7, 11) is 0. The molecule has 0 spiro atoms. The highest BCUT2D eigenvalue weighted by Gasteiger charge is 2.15. The van der Waals surface area contributed by atoms with Gasteiger partial charge in [0.05, 0.1) is 11.5 Å². The average Bonchev–Trinajstić information content (AvgIpc) is 2.35. The molecule has 0 saturated heterocycles. The zero-order chi connectivity index (χ0) is 13.4. The fourth-order valence-corrected chi connectivity index (χ4v) is 1.84. The first-order valence-electron chi connectivity index (χ1n) is 5.78. The molecule has 0 heterocycles. The average molecular weight is 292 g/mol. The number of alkyl halides is 1. The van der Waals surface area contributed by atoms with Gasteiger partial charge in [-0.1, -0.05) is 24.4 Å². The van der Waals surface area contributed by atoms with Crippen molar-refractivity contribution in [1.82, 2.24) is 0 Å². The van der Waals surface area contributed by atoms with Gasteiger partial charge in [-0.2, -0.15) is 0 Å². The molecule has 0 saturated carbocycles. The van der Waals surface area contributed by atoms with E-state index in [0.29, 0.717) is 17.5 Å². The number of hydrogen-bond donors (Lipinski definition) is 0. The number of hydrogen-bond acceptors (Lipinski definition) is 3. The maximum atomic E-state index is 10.8. The molecule has 0 aliphatic rings. The van der Waals surface area contributed by atoms with Crippen LogP contribution in [0.25, 0.3) is 0 Å². The van der Waals surface area contributed by atoms with Gasteiger partial charge in [0, 0.05) is 17.0 Å². The van der Waals surface area contributed by atoms with Crippen LogP contribution in [-0.4, -0.2) is 17.4 Å². The molecule has 1 aromatic rings. The van der Waals surface area contributed by atoms with Crippen LogP contribution in [0.2, 0.25) is 5.02 Å². The van der Waals surface area contributed by atoms with Gasteiger partial charge in [-0.05, 0) is 25.0 Å². The van der Waals surface area contributed by atoms with Gasteiger partial charge >= 0.3 is 5.69 Å². The van der Waals surface area contributed by atoms with Crippen LogP contribution in [0.3, 0.4) is 0 Å². The molecular weight excluding hydrogens is 277 g/mol. The van der Waals surface area contributed by atoms with Crippen molar-refractivity contribution in [3.63, 3.8) is 0 Å². The molecule has 0 aliphatic carbocycles. The molecule has 18 heavy (non-hydrogen) atoms. The standard InChI is InChI=1S/C12H15Cl2NO3/c13-7-3-1-2-4-8-18-12-6-5-10(14)9-11(12)15(16)17/h5-6,9H,1-4,7-8H2. The molecule has 6 heteroatoms. The van der Waals surface area contributed by atoms with Crippen LogP contribution in [-0.2, 0) is 0 Å². The van der Waals surface area contributed by atoms with Crippen molar-refractivity contribution >= 4 is 28.9 Å². The van der Waals surface area contributed by atoms with Crippen molar-refractivity contribution < 1.29 is 9.66 Å². The Morgan fingerprint density at radius 3 is 2.61 bits per heavy atom. The minimum absolute atomic E-state index is 0.0942. The normalized spacial score (nSPS) is 10.3. The van der Waals surface area contributed by atoms with Gasteiger partial charge in [0.2, 0.25) is 0 Å². The Bertz CT molecular complexity index is 399. The van der Waals surface area contributed by atoms with Crippen molar-refractivity contribution in [2.45, 2.75) is 25.7 Å². The van der Waals surface area contributed by atoms with Crippen LogP contribution < -0.4 is 4.74 Å². The summed E-state index contributed by atoms with van der Waals surface area (Å²) in [4.78, 5) is 10.3. The Morgan fingerprint density at radius 1 is 1.22 bits per heavy atom. The van der Waals surface area contributed by atoms with Crippen molar-refractivity contribution in [2.24, 2.45) is 0 Å². The Hall–Kier alpha value is -1.00. The molecule has 0 bridgehead atoms. The van der Waals surface area contributed by atoms with E-state index in [1.165, 1.54) is 12.1 Å². The summed E-state index contributed by atoms with van der Waals surface area (Å²) < 4.78 is 5.40. The quantitative estimate of drug-likeness (QED) is 0.308. The van der Waals surface area contributed by atoms with Gasteiger partial charge < -0.3 is 4.74 Å². The molecule has 0 atom stereocenters. The van der Waals surface area contributed by atoms with E-state index in [-0.39, 0.29) is 11.4 Å². The van der Waals surface area contributed by atoms with Crippen LogP contribution in [0, 0.1) is 10.1 Å². The highest BCUT2D eigenvalue weighted by molar-refractivity contribution is 6.30. The molecule has 0 aromatic heterocycles. The van der Waals surface area contributed by atoms with E-state index < -0.39 is 4.92 Å². The third-order valence-corrected chi connectivity index (χ3v) is 2.91. The lowest BCUT2D eigenvalue weighted by Crippen LogP contribution is -2.00. The van der Waals surface area contributed by atoms with E-state index in [1.807, 2.05) is 0 Å². The lowest BCUT2D eigenvalue weighted by Gasteiger charge is -2.06. The lowest BCUT2D eigenvalue weighted by atomic mass is 10.2. The third kappa shape index (κ3) is 5.10. The monoisotopic (exact) mass is 291 g/mol. The van der Waals surface area contributed by atoms with E-state index in [1.54, 1.807) is 6.07 Å². The highest BCUT2D eigenvalue weighted by Crippen LogP contribution is 2.29. The summed E-state index contributed by atoms with van der Waals surface area (Å²) >= 11 is 11.3. The molecule has 0 unspecified atom stereocenters. The second kappa shape index (κ2) is 8.16. The van der Waals surface area contributed by atoms with Crippen molar-refractivity contribution in [2.75, 3.05) is 12.5 Å². The minimum Gasteiger partial charge on any atom is -0.487 e. The minimum atomic E-state index is -0.491. The molecule has 0 fully saturated rings. The second-order valence-electron chi connectivity index (χ2n) is 3.82. The van der Waals surface area contributed by atoms with Gasteiger partial charge in [0.1, 0.15) is 0 Å². The molecule has 1 aromatic carbocycles. The first-order chi connectivity index (χ1) is 8.65. The second-order valence-corrected chi connectivity index (χ2v) is 4.64. The zero-order valence-electron chi connectivity index (χ0n) is 9.90. The van der Waals surface area contributed by atoms with Gasteiger partial charge in [0.25, 0.3) is 0 Å². The molecule has 0 aliphatic heterocycles. The summed E-state index contributed by atoms with van der Waals surface area (Å²) in [6.07, 6.45) is 3.91. The van der Waals surface area contributed by atoms with Crippen LogP contribution in [0.5, 0.6) is 5.75 Å². The van der Waals surface area contributed by atoms with Crippen LogP contribution >= 0.6 is 23.2 Å². The summed E-state index contributed by atoms with van der Waals surface area (Å²) in [5.74, 6) is 0.936. The number of halogens is 2. The third-order valence-electron chi connectivity index (χ3n) is 2.40. The summed E-state index contributed by atoms with van der Waals surface area (Å²) in [6, 6.07) is 4.40. The molecular formula is C12H15Cl2NO3. The van der Waals surface area contributed by atoms with Crippen LogP contribution in [0.1, 0.15) is 25.7 Å². The fourth-order valence-electron chi connectivity index (χ4n) is 1.49. The van der Waals surface area contributed by atoms with E-state index in [0.717, 1.165) is 25.7 Å². The number of nitrogens with zero attached hydrogens (tertiary/aromatic N) is 1. The lowest BCUT2D eigenvalue weighted by molar-refractivity contribution is -0.385. The van der Waals surface area contributed by atoms with Gasteiger partial charge in [-0.15, -0.1) is 11.6 Å². The summed E-state index contributed by atoms with van der Waals surface area (Å²) in [6.45, 7) is 0.463. The van der Waals surface area contributed by atoms with Gasteiger partial charge in [-0.25, -0.2) is 0 Å². The first kappa shape index (κ1) is 15.1. The summed E-state index contributed by atoms with van der Waals surface area (Å²) in [5, 5.41) is 11.1. The zero-order valence-corrected chi connectivity index (χ0v) is 11.4. The first-order valence-corrected chi connectivity index (χ1v) is 6.69. The Labute approximate surface area is 116 Å². The van der Waals surface area contributed by atoms with Crippen molar-refractivity contribution in [1.29, 1.82) is 0 Å². The van der Waals surface area contributed by atoms with Crippen LogP contribution in [0.4, 0.5) is 5.69 Å². The maximum absolute atomic E-state index is 10.8. The predicted molar refractivity (Wildman–Crippen MR) is 72.8 cm³/mol. The molecule has 0 amide bonds. The van der Waals surface area contributed by atoms with E-state index in [2.05, 4.69) is 0 Å². The summed E-state index contributed by atoms with van der Waals surface area (Å²) in [5.41, 5.74) is -0.0942. The van der Waals surface area contributed by atoms with Gasteiger partial charge in [0.15, 0.2) is 5.75 Å². The highest BCUT2D eigenvalue weighted by atomic mass is 35.5. The SMILES string of the molecule is O=[N+]([O-])c1cc(Cl)ccc1OCCCCCCCl. The molecule has 1 rings (SSSR count). The van der Waals surface area contributed by atoms with E-state index in [4.69, 9.17) is 27.9 Å². The fraction of sp³-hybridized carbons (Fsp3) is 0.500. The van der Waals surface area contributed by atoms with Crippen molar-refractivity contribution in [3.05, 3.63) is 33.3 Å². The Kier molecular flexibility index (Phi) is 6.83. The number of nitro benzene ring substituents is 1. The predicted octanol–water partition coefficient (Wildman–Crippen LogP) is 4.43. The van der Waals surface area contributed by atoms with Crippen LogP contribution in [0.15, 0.2) is 18.2 Å². The molecule has 0 N–H and O–H groups in total. The van der Waals surface area contributed by atoms with E-state index in [9.17, 15) is 10.1 Å². The Morgan fingerprint density at radius 2 is 1.94 bits per heavy atom. The smallest absolute Gasteiger partial charge is 0.312 e. The number of ether oxygens (including phenoxy) is 1. The number of unbranched alkanes of at least 4 members (excludes halogenated alkanes) is 3. The van der Waals surface area contributed by atoms with Gasteiger partial charge in [-0.3, -0.25) is 10.1 Å². The Balaban J connectivity index is 2.44. The van der Waals surface area contributed by atoms with E-state index >= 15 is 0 Å². The number of rotatable bonds is 8. The number of nitro groups is 1. The maximum Gasteiger partial charge on any atom is 0.312 e. The molecule has 100 valence electrons. The van der Waals surface area contributed by atoms with Crippen molar-refractivity contribution in [3.8, 4) is 5.75 Å².